The molecule has 2 N–H and O–H groups in total. The topological polar surface area (TPSA) is 134 Å². The second kappa shape index (κ2) is 10.2. The summed E-state index contributed by atoms with van der Waals surface area (Å²) in [4.78, 5) is 35.7. The number of carbonyl (C=O) groups is 2. The molecule has 0 aromatic heterocycles. The molecule has 1 aliphatic rings. The van der Waals surface area contributed by atoms with Crippen LogP contribution in [0.15, 0.2) is 46.9 Å². The van der Waals surface area contributed by atoms with E-state index in [-0.39, 0.29) is 30.2 Å². The van der Waals surface area contributed by atoms with Crippen molar-refractivity contribution >= 4 is 17.6 Å². The summed E-state index contributed by atoms with van der Waals surface area (Å²) >= 11 is 0. The number of nitro benzene ring substituents is 1. The number of hydrogen-bond acceptors (Lipinski definition) is 7. The number of rotatable bonds is 8. The lowest BCUT2D eigenvalue weighted by molar-refractivity contribution is -0.384. The van der Waals surface area contributed by atoms with Crippen LogP contribution in [-0.4, -0.2) is 23.4 Å². The monoisotopic (exact) mass is 412 g/mol. The van der Waals surface area contributed by atoms with Crippen LogP contribution in [-0.2, 0) is 14.3 Å². The van der Waals surface area contributed by atoms with Gasteiger partial charge in [0.2, 0.25) is 5.91 Å². The summed E-state index contributed by atoms with van der Waals surface area (Å²) in [6.07, 6.45) is 1.03. The highest BCUT2D eigenvalue weighted by molar-refractivity contribution is 5.93. The normalized spacial score (nSPS) is 15.9. The third-order valence-electron chi connectivity index (χ3n) is 4.62. The van der Waals surface area contributed by atoms with Gasteiger partial charge in [-0.1, -0.05) is 19.1 Å². The first-order valence-electron chi connectivity index (χ1n) is 9.57. The van der Waals surface area contributed by atoms with Crippen LogP contribution in [0.2, 0.25) is 0 Å². The molecule has 0 spiro atoms. The molecule has 158 valence electrons. The summed E-state index contributed by atoms with van der Waals surface area (Å²) in [5, 5.41) is 25.7. The molecule has 0 saturated carbocycles. The van der Waals surface area contributed by atoms with Crippen molar-refractivity contribution < 1.29 is 19.2 Å². The van der Waals surface area contributed by atoms with Crippen molar-refractivity contribution in [2.24, 2.45) is 0 Å². The Balaban J connectivity index is 2.51. The number of nitrogens with one attached hydrogen (secondary N) is 2. The molecule has 30 heavy (non-hydrogen) atoms. The predicted molar refractivity (Wildman–Crippen MR) is 109 cm³/mol. The highest BCUT2D eigenvalue weighted by atomic mass is 16.6. The lowest BCUT2D eigenvalue weighted by atomic mass is 9.83. The van der Waals surface area contributed by atoms with E-state index in [0.717, 1.165) is 0 Å². The number of esters is 1. The highest BCUT2D eigenvalue weighted by Gasteiger charge is 2.35. The summed E-state index contributed by atoms with van der Waals surface area (Å²) in [7, 11) is 0. The number of allylic oxidation sites excluding steroid dienone is 3. The molecule has 1 aromatic rings. The smallest absolute Gasteiger partial charge is 0.336 e. The van der Waals surface area contributed by atoms with Gasteiger partial charge in [-0.05, 0) is 25.8 Å². The lowest BCUT2D eigenvalue weighted by Gasteiger charge is -2.31. The average Bonchev–Trinajstić information content (AvgIpc) is 2.70. The molecule has 0 radical (unpaired) electrons. The van der Waals surface area contributed by atoms with Crippen molar-refractivity contribution in [1.29, 1.82) is 5.26 Å². The lowest BCUT2D eigenvalue weighted by Crippen LogP contribution is -2.36. The molecule has 0 aliphatic carbocycles. The van der Waals surface area contributed by atoms with Gasteiger partial charge in [0.15, 0.2) is 0 Å². The van der Waals surface area contributed by atoms with E-state index in [2.05, 4.69) is 10.6 Å². The van der Waals surface area contributed by atoms with E-state index in [1.165, 1.54) is 12.1 Å². The third kappa shape index (κ3) is 5.23. The van der Waals surface area contributed by atoms with Crippen molar-refractivity contribution in [3.63, 3.8) is 0 Å². The van der Waals surface area contributed by atoms with Crippen molar-refractivity contribution in [2.45, 2.75) is 46.0 Å². The highest BCUT2D eigenvalue weighted by Crippen LogP contribution is 2.38. The Hall–Kier alpha value is -3.67. The summed E-state index contributed by atoms with van der Waals surface area (Å²) in [6.45, 7) is 5.32. The van der Waals surface area contributed by atoms with E-state index in [1.54, 1.807) is 26.0 Å². The molecule has 1 atom stereocenters. The van der Waals surface area contributed by atoms with Crippen LogP contribution in [0.5, 0.6) is 0 Å². The fourth-order valence-electron chi connectivity index (χ4n) is 3.26. The molecule has 2 rings (SSSR count). The largest absolute Gasteiger partial charge is 0.461 e. The Morgan fingerprint density at radius 1 is 1.27 bits per heavy atom. The number of ether oxygens (including phenoxy) is 1. The quantitative estimate of drug-likeness (QED) is 0.290. The number of nitro groups is 1. The number of carbonyl (C=O) groups excluding carboxylic acids is 2. The van der Waals surface area contributed by atoms with E-state index in [0.29, 0.717) is 35.5 Å². The fraction of sp³-hybridized carbons (Fsp3) is 0.381. The summed E-state index contributed by atoms with van der Waals surface area (Å²) in [5.74, 6) is -1.49. The minimum Gasteiger partial charge on any atom is -0.461 e. The van der Waals surface area contributed by atoms with Gasteiger partial charge in [-0.25, -0.2) is 4.79 Å². The zero-order chi connectivity index (χ0) is 22.3. The average molecular weight is 412 g/mol. The van der Waals surface area contributed by atoms with Gasteiger partial charge in [-0.2, -0.15) is 5.26 Å². The maximum absolute atomic E-state index is 12.8. The Kier molecular flexibility index (Phi) is 7.69. The fourth-order valence-corrected chi connectivity index (χ4v) is 3.26. The SMILES string of the molecule is CCCC(=O)NC1=C(C)NC(C)=C(C(=O)OCCC#N)C1c1ccc([N+](=O)[O-])cc1. The van der Waals surface area contributed by atoms with Crippen LogP contribution in [0, 0.1) is 21.4 Å². The summed E-state index contributed by atoms with van der Waals surface area (Å²) in [5.41, 5.74) is 2.49. The number of non-ortho nitro benzene ring substituents is 1. The zero-order valence-electron chi connectivity index (χ0n) is 17.2. The number of hydrogen-bond donors (Lipinski definition) is 2. The molecule has 1 heterocycles. The second-order valence-electron chi connectivity index (χ2n) is 6.83. The minimum atomic E-state index is -0.678. The molecule has 0 saturated heterocycles. The van der Waals surface area contributed by atoms with Crippen molar-refractivity contribution in [1.82, 2.24) is 10.6 Å². The first-order valence-corrected chi connectivity index (χ1v) is 9.57. The maximum atomic E-state index is 12.8. The third-order valence-corrected chi connectivity index (χ3v) is 4.62. The Labute approximate surface area is 174 Å². The van der Waals surface area contributed by atoms with Crippen molar-refractivity contribution in [3.05, 3.63) is 62.6 Å². The number of amides is 1. The van der Waals surface area contributed by atoms with E-state index >= 15 is 0 Å². The van der Waals surface area contributed by atoms with E-state index in [4.69, 9.17) is 10.00 Å². The second-order valence-corrected chi connectivity index (χ2v) is 6.83. The molecule has 9 heteroatoms. The van der Waals surface area contributed by atoms with Gasteiger partial charge < -0.3 is 15.4 Å². The molecular weight excluding hydrogens is 388 g/mol. The van der Waals surface area contributed by atoms with Crippen LogP contribution in [0.25, 0.3) is 0 Å². The van der Waals surface area contributed by atoms with Gasteiger partial charge in [0.05, 0.1) is 28.9 Å². The van der Waals surface area contributed by atoms with E-state index in [9.17, 15) is 19.7 Å². The number of benzene rings is 1. The summed E-state index contributed by atoms with van der Waals surface area (Å²) < 4.78 is 5.24. The molecule has 1 unspecified atom stereocenters. The molecule has 0 fully saturated rings. The number of dihydropyridines is 1. The van der Waals surface area contributed by atoms with Crippen molar-refractivity contribution in [2.75, 3.05) is 6.61 Å². The van der Waals surface area contributed by atoms with Gasteiger partial charge in [-0.3, -0.25) is 14.9 Å². The van der Waals surface area contributed by atoms with Crippen LogP contribution >= 0.6 is 0 Å². The maximum Gasteiger partial charge on any atom is 0.336 e. The van der Waals surface area contributed by atoms with Gasteiger partial charge in [-0.15, -0.1) is 0 Å². The van der Waals surface area contributed by atoms with Crippen LogP contribution in [0.4, 0.5) is 5.69 Å². The van der Waals surface area contributed by atoms with E-state index in [1.807, 2.05) is 13.0 Å². The molecule has 9 nitrogen and oxygen atoms in total. The number of nitrogens with zero attached hydrogens (tertiary/aromatic N) is 2. The predicted octanol–water partition coefficient (Wildman–Crippen LogP) is 3.16. The van der Waals surface area contributed by atoms with Gasteiger partial charge >= 0.3 is 5.97 Å². The Morgan fingerprint density at radius 2 is 1.93 bits per heavy atom. The van der Waals surface area contributed by atoms with Crippen molar-refractivity contribution in [3.8, 4) is 6.07 Å². The standard InChI is InChI=1S/C21H24N4O5/c1-4-6-17(26)24-20-14(3)23-13(2)18(21(27)30-12-5-11-22)19(20)15-7-9-16(10-8-15)25(28)29/h7-10,19,23H,4-6,12H2,1-3H3,(H,24,26). The van der Waals surface area contributed by atoms with Gasteiger partial charge in [0.1, 0.15) is 6.61 Å². The van der Waals surface area contributed by atoms with Crippen LogP contribution in [0.3, 0.4) is 0 Å². The Bertz CT molecular complexity index is 941. The molecule has 1 amide bonds. The summed E-state index contributed by atoms with van der Waals surface area (Å²) in [6, 6.07) is 7.74. The molecule has 0 bridgehead atoms. The molecule has 1 aromatic carbocycles. The van der Waals surface area contributed by atoms with Gasteiger partial charge in [0.25, 0.3) is 5.69 Å². The first-order chi connectivity index (χ1) is 14.3. The van der Waals surface area contributed by atoms with Gasteiger partial charge in [0, 0.05) is 35.6 Å². The first kappa shape index (κ1) is 22.6. The van der Waals surface area contributed by atoms with Crippen LogP contribution < -0.4 is 10.6 Å². The zero-order valence-corrected chi connectivity index (χ0v) is 17.2. The number of nitriles is 1. The molecular formula is C21H24N4O5. The molecule has 1 aliphatic heterocycles. The van der Waals surface area contributed by atoms with E-state index < -0.39 is 16.8 Å². The Morgan fingerprint density at radius 3 is 2.50 bits per heavy atom. The minimum absolute atomic E-state index is 0.0562. The van der Waals surface area contributed by atoms with Crippen LogP contribution in [0.1, 0.15) is 51.5 Å².